The van der Waals surface area contributed by atoms with Crippen LogP contribution in [-0.2, 0) is 4.74 Å². The zero-order chi connectivity index (χ0) is 11.7. The maximum Gasteiger partial charge on any atom is 0.0631 e. The van der Waals surface area contributed by atoms with E-state index in [-0.39, 0.29) is 0 Å². The Morgan fingerprint density at radius 3 is 2.33 bits per heavy atom. The van der Waals surface area contributed by atoms with Gasteiger partial charge in [0, 0.05) is 11.8 Å². The molecule has 0 aromatic rings. The van der Waals surface area contributed by atoms with Crippen molar-refractivity contribution in [2.24, 2.45) is 0 Å². The van der Waals surface area contributed by atoms with Crippen molar-refractivity contribution in [3.63, 3.8) is 0 Å². The normalized spacial score (nSPS) is 13.8. The van der Waals surface area contributed by atoms with Gasteiger partial charge < -0.3 is 10.1 Å². The van der Waals surface area contributed by atoms with Gasteiger partial charge in [-0.05, 0) is 32.1 Å². The molecule has 0 aliphatic heterocycles. The third-order valence-corrected chi connectivity index (χ3v) is 3.21. The van der Waals surface area contributed by atoms with E-state index >= 15 is 0 Å². The van der Waals surface area contributed by atoms with Gasteiger partial charge in [0.2, 0.25) is 0 Å². The summed E-state index contributed by atoms with van der Waals surface area (Å²) < 4.78 is 5.66. The minimum absolute atomic E-state index is 0.333. The Morgan fingerprint density at radius 2 is 1.87 bits per heavy atom. The van der Waals surface area contributed by atoms with E-state index in [9.17, 15) is 0 Å². The van der Waals surface area contributed by atoms with E-state index in [1.165, 1.54) is 6.42 Å². The van der Waals surface area contributed by atoms with Crippen molar-refractivity contribution in [2.45, 2.75) is 58.4 Å². The average Bonchev–Trinajstić information content (AvgIpc) is 2.16. The van der Waals surface area contributed by atoms with Crippen LogP contribution in [0.25, 0.3) is 0 Å². The topological polar surface area (TPSA) is 21.3 Å². The van der Waals surface area contributed by atoms with E-state index in [1.807, 2.05) is 11.8 Å². The van der Waals surface area contributed by atoms with Gasteiger partial charge in [0.15, 0.2) is 0 Å². The molecule has 1 unspecified atom stereocenters. The molecule has 2 nitrogen and oxygen atoms in total. The Bertz CT molecular complexity index is 128. The molecule has 0 amide bonds. The fourth-order valence-electron chi connectivity index (χ4n) is 1.13. The predicted octanol–water partition coefficient (Wildman–Crippen LogP) is 2.92. The highest BCUT2D eigenvalue weighted by atomic mass is 32.2. The van der Waals surface area contributed by atoms with Crippen molar-refractivity contribution >= 4 is 11.8 Å². The van der Waals surface area contributed by atoms with Crippen LogP contribution < -0.4 is 5.32 Å². The molecule has 0 aliphatic rings. The second kappa shape index (κ2) is 9.49. The summed E-state index contributed by atoms with van der Waals surface area (Å²) in [6, 6.07) is 0.500. The van der Waals surface area contributed by atoms with Crippen molar-refractivity contribution in [2.75, 3.05) is 18.9 Å². The first-order chi connectivity index (χ1) is 7.06. The maximum atomic E-state index is 5.66. The smallest absolute Gasteiger partial charge is 0.0631 e. The van der Waals surface area contributed by atoms with Gasteiger partial charge in [-0.2, -0.15) is 11.8 Å². The highest BCUT2D eigenvalue weighted by Crippen LogP contribution is 2.11. The van der Waals surface area contributed by atoms with Crippen molar-refractivity contribution < 1.29 is 4.74 Å². The Kier molecular flexibility index (Phi) is 9.66. The molecule has 92 valence electrons. The number of ether oxygens (including phenoxy) is 1. The highest BCUT2D eigenvalue weighted by molar-refractivity contribution is 7.99. The lowest BCUT2D eigenvalue weighted by Gasteiger charge is -2.20. The Morgan fingerprint density at radius 1 is 1.20 bits per heavy atom. The monoisotopic (exact) mass is 233 g/mol. The molecule has 0 heterocycles. The molecule has 0 aromatic carbocycles. The third kappa shape index (κ3) is 10.6. The van der Waals surface area contributed by atoms with Crippen LogP contribution in [0.3, 0.4) is 0 Å². The van der Waals surface area contributed by atoms with Crippen molar-refractivity contribution in [1.29, 1.82) is 0 Å². The van der Waals surface area contributed by atoms with Crippen LogP contribution in [-0.4, -0.2) is 36.3 Å². The van der Waals surface area contributed by atoms with Gasteiger partial charge in [0.25, 0.3) is 0 Å². The highest BCUT2D eigenvalue weighted by Gasteiger charge is 2.09. The second-order valence-electron chi connectivity index (χ2n) is 4.42. The first-order valence-corrected chi connectivity index (χ1v) is 7.07. The Labute approximate surface area is 99.5 Å². The summed E-state index contributed by atoms with van der Waals surface area (Å²) in [7, 11) is 0. The molecule has 0 bridgehead atoms. The number of thioether (sulfide) groups is 1. The van der Waals surface area contributed by atoms with Gasteiger partial charge in [0.1, 0.15) is 0 Å². The van der Waals surface area contributed by atoms with Gasteiger partial charge in [-0.25, -0.2) is 0 Å². The standard InChI is InChI=1S/C12H27NOS/c1-6-7-13-12(8-14-10(2)3)9-15-11(4)5/h10-13H,6-9H2,1-5H3. The molecular weight excluding hydrogens is 206 g/mol. The average molecular weight is 233 g/mol. The maximum absolute atomic E-state index is 5.66. The zero-order valence-electron chi connectivity index (χ0n) is 10.9. The van der Waals surface area contributed by atoms with Gasteiger partial charge >= 0.3 is 0 Å². The lowest BCUT2D eigenvalue weighted by Crippen LogP contribution is -2.37. The minimum atomic E-state index is 0.333. The van der Waals surface area contributed by atoms with Crippen LogP contribution in [0.2, 0.25) is 0 Å². The van der Waals surface area contributed by atoms with Gasteiger partial charge in [-0.1, -0.05) is 20.8 Å². The zero-order valence-corrected chi connectivity index (χ0v) is 11.7. The Hall–Kier alpha value is 0.270. The molecule has 0 saturated heterocycles. The lowest BCUT2D eigenvalue weighted by atomic mass is 10.3. The molecular formula is C12H27NOS. The molecule has 3 heteroatoms. The quantitative estimate of drug-likeness (QED) is 0.661. The van der Waals surface area contributed by atoms with Crippen molar-refractivity contribution in [3.05, 3.63) is 0 Å². The fraction of sp³-hybridized carbons (Fsp3) is 1.00. The Balaban J connectivity index is 3.73. The fourth-order valence-corrected chi connectivity index (χ4v) is 1.96. The van der Waals surface area contributed by atoms with Crippen LogP contribution in [0, 0.1) is 0 Å². The van der Waals surface area contributed by atoms with E-state index in [4.69, 9.17) is 4.74 Å². The van der Waals surface area contributed by atoms with Gasteiger partial charge in [0.05, 0.1) is 12.7 Å². The molecule has 0 aromatic heterocycles. The van der Waals surface area contributed by atoms with Crippen LogP contribution >= 0.6 is 11.8 Å². The van der Waals surface area contributed by atoms with E-state index in [0.717, 1.165) is 18.9 Å². The summed E-state index contributed by atoms with van der Waals surface area (Å²) >= 11 is 2.00. The van der Waals surface area contributed by atoms with Gasteiger partial charge in [-0.15, -0.1) is 0 Å². The molecule has 0 radical (unpaired) electrons. The lowest BCUT2D eigenvalue weighted by molar-refractivity contribution is 0.0655. The predicted molar refractivity (Wildman–Crippen MR) is 70.8 cm³/mol. The first kappa shape index (κ1) is 15.3. The molecule has 15 heavy (non-hydrogen) atoms. The van der Waals surface area contributed by atoms with Crippen molar-refractivity contribution in [1.82, 2.24) is 5.32 Å². The minimum Gasteiger partial charge on any atom is -0.377 e. The summed E-state index contributed by atoms with van der Waals surface area (Å²) in [5.74, 6) is 1.14. The molecule has 0 rings (SSSR count). The van der Waals surface area contributed by atoms with E-state index in [2.05, 4.69) is 39.9 Å². The summed E-state index contributed by atoms with van der Waals surface area (Å²) in [6.45, 7) is 12.8. The SMILES string of the molecule is CCCNC(COC(C)C)CSC(C)C. The molecule has 0 fully saturated rings. The van der Waals surface area contributed by atoms with E-state index < -0.39 is 0 Å². The third-order valence-electron chi connectivity index (χ3n) is 1.94. The summed E-state index contributed by atoms with van der Waals surface area (Å²) in [4.78, 5) is 0. The molecule has 0 saturated carbocycles. The van der Waals surface area contributed by atoms with Crippen LogP contribution in [0.5, 0.6) is 0 Å². The van der Waals surface area contributed by atoms with Gasteiger partial charge in [-0.3, -0.25) is 0 Å². The number of rotatable bonds is 9. The summed E-state index contributed by atoms with van der Waals surface area (Å²) in [5.41, 5.74) is 0. The summed E-state index contributed by atoms with van der Waals surface area (Å²) in [6.07, 6.45) is 1.52. The molecule has 1 atom stereocenters. The van der Waals surface area contributed by atoms with E-state index in [0.29, 0.717) is 17.4 Å². The largest absolute Gasteiger partial charge is 0.377 e. The number of hydrogen-bond acceptors (Lipinski definition) is 3. The second-order valence-corrected chi connectivity index (χ2v) is 6.02. The molecule has 0 aliphatic carbocycles. The van der Waals surface area contributed by atoms with Crippen molar-refractivity contribution in [3.8, 4) is 0 Å². The van der Waals surface area contributed by atoms with Crippen LogP contribution in [0.15, 0.2) is 0 Å². The molecule has 0 spiro atoms. The van der Waals surface area contributed by atoms with E-state index in [1.54, 1.807) is 0 Å². The number of hydrogen-bond donors (Lipinski definition) is 1. The van der Waals surface area contributed by atoms with Crippen LogP contribution in [0.1, 0.15) is 41.0 Å². The molecule has 1 N–H and O–H groups in total. The summed E-state index contributed by atoms with van der Waals surface area (Å²) in [5, 5.41) is 4.24. The van der Waals surface area contributed by atoms with Crippen LogP contribution in [0.4, 0.5) is 0 Å². The number of nitrogens with one attached hydrogen (secondary N) is 1. The first-order valence-electron chi connectivity index (χ1n) is 6.02.